The molecule has 8 heteroatoms. The molecule has 7 nitrogen and oxygen atoms in total. The van der Waals surface area contributed by atoms with Crippen molar-refractivity contribution in [1.82, 2.24) is 0 Å². The zero-order valence-corrected chi connectivity index (χ0v) is 20.4. The molecule has 5 rings (SSSR count). The topological polar surface area (TPSA) is 96.3 Å². The highest BCUT2D eigenvalue weighted by Crippen LogP contribution is 2.40. The summed E-state index contributed by atoms with van der Waals surface area (Å²) in [5.41, 5.74) is 3.76. The van der Waals surface area contributed by atoms with Crippen LogP contribution >= 0.6 is 11.8 Å². The van der Waals surface area contributed by atoms with Crippen molar-refractivity contribution in [2.75, 3.05) is 23.0 Å². The minimum Gasteiger partial charge on any atom is -0.396 e. The molecule has 0 spiro atoms. The van der Waals surface area contributed by atoms with Crippen LogP contribution in [-0.4, -0.2) is 46.2 Å². The zero-order valence-electron chi connectivity index (χ0n) is 19.6. The monoisotopic (exact) mass is 505 g/mol. The van der Waals surface area contributed by atoms with Crippen LogP contribution in [0.3, 0.4) is 0 Å². The Morgan fingerprint density at radius 3 is 2.25 bits per heavy atom. The smallest absolute Gasteiger partial charge is 0.266 e. The van der Waals surface area contributed by atoms with E-state index in [1.807, 2.05) is 30.3 Å². The van der Waals surface area contributed by atoms with Crippen molar-refractivity contribution in [1.29, 1.82) is 0 Å². The first-order valence-electron chi connectivity index (χ1n) is 11.9. The Balaban J connectivity index is 1.41. The zero-order chi connectivity index (χ0) is 25.1. The summed E-state index contributed by atoms with van der Waals surface area (Å²) < 4.78 is 12.7. The quantitative estimate of drug-likeness (QED) is 0.349. The van der Waals surface area contributed by atoms with Crippen LogP contribution in [-0.2, 0) is 16.1 Å². The van der Waals surface area contributed by atoms with Gasteiger partial charge >= 0.3 is 0 Å². The number of hydrogen-bond acceptors (Lipinski definition) is 7. The van der Waals surface area contributed by atoms with Crippen LogP contribution in [0.2, 0.25) is 0 Å². The molecule has 1 fully saturated rings. The number of fused-ring (bicyclic) bond motifs is 1. The number of thioether (sulfide) groups is 1. The highest BCUT2D eigenvalue weighted by Gasteiger charge is 2.37. The first-order chi connectivity index (χ1) is 17.6. The molecule has 2 N–H and O–H groups in total. The molecular weight excluding hydrogens is 478 g/mol. The number of carbonyl (C=O) groups excluding carboxylic acids is 2. The molecule has 0 saturated carbocycles. The number of carbonyl (C=O) groups is 2. The first kappa shape index (κ1) is 24.7. The summed E-state index contributed by atoms with van der Waals surface area (Å²) in [5.74, 6) is 0.622. The number of imide groups is 1. The SMILES string of the molecule is O=C1c2ccccc2C(=O)N1c1cccc(C2OC(CSCCO)CC(c3ccc(CO)cc3)O2)c1. The van der Waals surface area contributed by atoms with Crippen molar-refractivity contribution in [3.63, 3.8) is 0 Å². The molecule has 3 aromatic carbocycles. The Morgan fingerprint density at radius 1 is 0.861 bits per heavy atom. The second kappa shape index (κ2) is 10.9. The first-order valence-corrected chi connectivity index (χ1v) is 13.0. The van der Waals surface area contributed by atoms with E-state index in [4.69, 9.17) is 9.47 Å². The van der Waals surface area contributed by atoms with Crippen LogP contribution in [0, 0.1) is 0 Å². The minimum atomic E-state index is -0.698. The van der Waals surface area contributed by atoms with Gasteiger partial charge in [-0.2, -0.15) is 11.8 Å². The highest BCUT2D eigenvalue weighted by molar-refractivity contribution is 7.99. The van der Waals surface area contributed by atoms with E-state index in [0.717, 1.165) is 11.1 Å². The Hall–Kier alpha value is -3.01. The van der Waals surface area contributed by atoms with Crippen molar-refractivity contribution in [3.05, 3.63) is 101 Å². The van der Waals surface area contributed by atoms with Crippen LogP contribution in [0.1, 0.15) is 56.2 Å². The standard InChI is InChI=1S/C28H27NO6S/c30-12-13-36-17-22-15-25(19-10-8-18(16-31)9-11-19)35-28(34-22)20-4-3-5-21(14-20)29-26(32)23-6-1-2-7-24(23)27(29)33/h1-11,14,22,25,28,30-31H,12-13,15-17H2. The van der Waals surface area contributed by atoms with Gasteiger partial charge in [-0.3, -0.25) is 9.59 Å². The maximum absolute atomic E-state index is 13.0. The van der Waals surface area contributed by atoms with E-state index in [-0.39, 0.29) is 37.2 Å². The van der Waals surface area contributed by atoms with E-state index in [1.165, 1.54) is 4.90 Å². The summed E-state index contributed by atoms with van der Waals surface area (Å²) in [7, 11) is 0. The van der Waals surface area contributed by atoms with E-state index in [1.54, 1.807) is 54.2 Å². The van der Waals surface area contributed by atoms with Gasteiger partial charge in [0.05, 0.1) is 42.2 Å². The lowest BCUT2D eigenvalue weighted by atomic mass is 10.0. The highest BCUT2D eigenvalue weighted by atomic mass is 32.2. The molecule has 3 aromatic rings. The van der Waals surface area contributed by atoms with Crippen molar-refractivity contribution in [3.8, 4) is 0 Å². The van der Waals surface area contributed by atoms with Crippen LogP contribution < -0.4 is 4.90 Å². The largest absolute Gasteiger partial charge is 0.396 e. The number of benzene rings is 3. The van der Waals surface area contributed by atoms with Gasteiger partial charge in [0.25, 0.3) is 11.8 Å². The number of ether oxygens (including phenoxy) is 2. The number of anilines is 1. The summed E-state index contributed by atoms with van der Waals surface area (Å²) in [5, 5.41) is 18.6. The fourth-order valence-corrected chi connectivity index (χ4v) is 5.31. The lowest BCUT2D eigenvalue weighted by molar-refractivity contribution is -0.245. The van der Waals surface area contributed by atoms with Crippen molar-refractivity contribution in [2.45, 2.75) is 31.5 Å². The second-order valence-electron chi connectivity index (χ2n) is 8.73. The number of nitrogens with zero attached hydrogens (tertiary/aromatic N) is 1. The third kappa shape index (κ3) is 4.96. The summed E-state index contributed by atoms with van der Waals surface area (Å²) in [6.07, 6.45) is -0.410. The molecule has 186 valence electrons. The molecular formula is C28H27NO6S. The number of aliphatic hydroxyl groups excluding tert-OH is 2. The van der Waals surface area contributed by atoms with Crippen LogP contribution in [0.4, 0.5) is 5.69 Å². The number of rotatable bonds is 8. The Bertz CT molecular complexity index is 1210. The predicted molar refractivity (Wildman–Crippen MR) is 137 cm³/mol. The second-order valence-corrected chi connectivity index (χ2v) is 9.88. The molecule has 36 heavy (non-hydrogen) atoms. The summed E-state index contributed by atoms with van der Waals surface area (Å²) in [6.45, 7) is 0.0776. The minimum absolute atomic E-state index is 0.0252. The van der Waals surface area contributed by atoms with E-state index >= 15 is 0 Å². The molecule has 1 saturated heterocycles. The van der Waals surface area contributed by atoms with Crippen LogP contribution in [0.25, 0.3) is 0 Å². The molecule has 2 heterocycles. The van der Waals surface area contributed by atoms with Crippen LogP contribution in [0.15, 0.2) is 72.8 Å². The van der Waals surface area contributed by atoms with Gasteiger partial charge in [-0.25, -0.2) is 4.90 Å². The number of amides is 2. The molecule has 0 radical (unpaired) electrons. The average Bonchev–Trinajstić information content (AvgIpc) is 3.18. The van der Waals surface area contributed by atoms with Gasteiger partial charge in [0.15, 0.2) is 6.29 Å². The normalized spacial score (nSPS) is 21.6. The average molecular weight is 506 g/mol. The number of hydrogen-bond donors (Lipinski definition) is 2. The molecule has 2 aliphatic heterocycles. The fourth-order valence-electron chi connectivity index (χ4n) is 4.54. The lowest BCUT2D eigenvalue weighted by Crippen LogP contribution is -2.32. The Labute approximate surface area is 213 Å². The maximum atomic E-state index is 13.0. The van der Waals surface area contributed by atoms with Gasteiger partial charge in [0.2, 0.25) is 0 Å². The molecule has 0 bridgehead atoms. The lowest BCUT2D eigenvalue weighted by Gasteiger charge is -2.36. The molecule has 0 aromatic heterocycles. The molecule has 2 aliphatic rings. The van der Waals surface area contributed by atoms with Gasteiger partial charge in [-0.1, -0.05) is 48.5 Å². The van der Waals surface area contributed by atoms with Gasteiger partial charge < -0.3 is 19.7 Å². The Morgan fingerprint density at radius 2 is 1.58 bits per heavy atom. The Kier molecular flexibility index (Phi) is 7.50. The van der Waals surface area contributed by atoms with Crippen LogP contribution in [0.5, 0.6) is 0 Å². The van der Waals surface area contributed by atoms with E-state index in [2.05, 4.69) is 0 Å². The molecule has 0 aliphatic carbocycles. The van der Waals surface area contributed by atoms with E-state index < -0.39 is 6.29 Å². The van der Waals surface area contributed by atoms with E-state index in [9.17, 15) is 19.8 Å². The van der Waals surface area contributed by atoms with Gasteiger partial charge in [-0.05, 0) is 35.4 Å². The molecule has 3 atom stereocenters. The molecule has 2 amide bonds. The summed E-state index contributed by atoms with van der Waals surface area (Å²) in [4.78, 5) is 27.2. The molecule has 3 unspecified atom stereocenters. The van der Waals surface area contributed by atoms with Crippen molar-refractivity contribution >= 4 is 29.3 Å². The number of aliphatic hydroxyl groups is 2. The maximum Gasteiger partial charge on any atom is 0.266 e. The van der Waals surface area contributed by atoms with Gasteiger partial charge in [-0.15, -0.1) is 0 Å². The van der Waals surface area contributed by atoms with Gasteiger partial charge in [0.1, 0.15) is 0 Å². The third-order valence-corrected chi connectivity index (χ3v) is 7.43. The fraction of sp³-hybridized carbons (Fsp3) is 0.286. The van der Waals surface area contributed by atoms with E-state index in [0.29, 0.717) is 40.3 Å². The third-order valence-electron chi connectivity index (χ3n) is 6.35. The van der Waals surface area contributed by atoms with Crippen molar-refractivity contribution in [2.24, 2.45) is 0 Å². The predicted octanol–water partition coefficient (Wildman–Crippen LogP) is 4.25. The summed E-state index contributed by atoms with van der Waals surface area (Å²) in [6, 6.07) is 21.6. The van der Waals surface area contributed by atoms with Crippen molar-refractivity contribution < 1.29 is 29.3 Å². The summed E-state index contributed by atoms with van der Waals surface area (Å²) >= 11 is 1.62. The van der Waals surface area contributed by atoms with Gasteiger partial charge in [0, 0.05) is 23.5 Å².